The third-order valence-corrected chi connectivity index (χ3v) is 5.99. The van der Waals surface area contributed by atoms with Crippen molar-refractivity contribution in [2.24, 2.45) is 0 Å². The van der Waals surface area contributed by atoms with E-state index in [9.17, 15) is 4.79 Å². The Morgan fingerprint density at radius 3 is 2.68 bits per heavy atom. The van der Waals surface area contributed by atoms with Crippen molar-refractivity contribution in [3.8, 4) is 22.1 Å². The lowest BCUT2D eigenvalue weighted by Gasteiger charge is -2.30. The second-order valence-electron chi connectivity index (χ2n) is 7.06. The summed E-state index contributed by atoms with van der Waals surface area (Å²) in [6.07, 6.45) is 0.210. The molecule has 0 bridgehead atoms. The molecule has 1 fully saturated rings. The minimum atomic E-state index is -0.0927. The Bertz CT molecular complexity index is 1050. The van der Waals surface area contributed by atoms with E-state index < -0.39 is 0 Å². The van der Waals surface area contributed by atoms with Gasteiger partial charge in [0.25, 0.3) is 0 Å². The van der Waals surface area contributed by atoms with Crippen LogP contribution in [0, 0.1) is 0 Å². The zero-order valence-corrected chi connectivity index (χ0v) is 18.4. The third kappa shape index (κ3) is 4.98. The molecule has 3 aromatic rings. The number of morpholine rings is 1. The van der Waals surface area contributed by atoms with Crippen LogP contribution in [0.1, 0.15) is 5.69 Å². The zero-order valence-electron chi connectivity index (χ0n) is 17.6. The van der Waals surface area contributed by atoms with Gasteiger partial charge in [0.1, 0.15) is 5.01 Å². The molecule has 1 aromatic heterocycles. The Kier molecular flexibility index (Phi) is 6.69. The molecule has 1 saturated heterocycles. The number of hydrogen-bond acceptors (Lipinski definition) is 7. The molecule has 1 aliphatic rings. The van der Waals surface area contributed by atoms with E-state index in [2.05, 4.69) is 15.2 Å². The van der Waals surface area contributed by atoms with Gasteiger partial charge in [0.2, 0.25) is 5.91 Å². The van der Waals surface area contributed by atoms with Gasteiger partial charge in [-0.3, -0.25) is 4.79 Å². The van der Waals surface area contributed by atoms with E-state index in [0.717, 1.165) is 40.7 Å². The molecule has 0 aliphatic carbocycles. The number of ether oxygens (including phenoxy) is 3. The number of amides is 1. The van der Waals surface area contributed by atoms with Crippen LogP contribution in [0.2, 0.25) is 0 Å². The molecule has 31 heavy (non-hydrogen) atoms. The fourth-order valence-corrected chi connectivity index (χ4v) is 4.32. The Morgan fingerprint density at radius 1 is 1.13 bits per heavy atom. The lowest BCUT2D eigenvalue weighted by Crippen LogP contribution is -2.36. The van der Waals surface area contributed by atoms with E-state index in [0.29, 0.717) is 24.7 Å². The van der Waals surface area contributed by atoms with Crippen molar-refractivity contribution in [2.45, 2.75) is 6.42 Å². The lowest BCUT2D eigenvalue weighted by atomic mass is 10.2. The summed E-state index contributed by atoms with van der Waals surface area (Å²) in [5, 5.41) is 5.79. The second kappa shape index (κ2) is 9.80. The van der Waals surface area contributed by atoms with Crippen LogP contribution < -0.4 is 19.7 Å². The molecular weight excluding hydrogens is 414 g/mol. The van der Waals surface area contributed by atoms with Crippen molar-refractivity contribution in [2.75, 3.05) is 50.7 Å². The Balaban J connectivity index is 1.44. The van der Waals surface area contributed by atoms with Gasteiger partial charge in [-0.15, -0.1) is 11.3 Å². The highest BCUT2D eigenvalue weighted by Gasteiger charge is 2.17. The SMILES string of the molecule is COc1ccc(-c2nc(CC(=O)Nc3ccccc3N3CCOCC3)cs2)cc1OC. The lowest BCUT2D eigenvalue weighted by molar-refractivity contribution is -0.115. The molecule has 162 valence electrons. The molecule has 4 rings (SSSR count). The molecule has 0 atom stereocenters. The van der Waals surface area contributed by atoms with Crippen molar-refractivity contribution in [1.29, 1.82) is 0 Å². The largest absolute Gasteiger partial charge is 0.493 e. The van der Waals surface area contributed by atoms with E-state index in [1.54, 1.807) is 14.2 Å². The van der Waals surface area contributed by atoms with Crippen LogP contribution in [0.15, 0.2) is 47.8 Å². The van der Waals surface area contributed by atoms with Crippen molar-refractivity contribution in [3.05, 3.63) is 53.5 Å². The maximum atomic E-state index is 12.7. The normalized spacial score (nSPS) is 13.7. The van der Waals surface area contributed by atoms with E-state index in [1.165, 1.54) is 11.3 Å². The fourth-order valence-electron chi connectivity index (χ4n) is 3.51. The fraction of sp³-hybridized carbons (Fsp3) is 0.304. The van der Waals surface area contributed by atoms with Crippen LogP contribution in [-0.2, 0) is 16.0 Å². The number of methoxy groups -OCH3 is 2. The minimum Gasteiger partial charge on any atom is -0.493 e. The number of carbonyl (C=O) groups excluding carboxylic acids is 1. The molecule has 1 N–H and O–H groups in total. The van der Waals surface area contributed by atoms with Gasteiger partial charge in [-0.1, -0.05) is 12.1 Å². The first-order chi connectivity index (χ1) is 15.2. The third-order valence-electron chi connectivity index (χ3n) is 5.05. The second-order valence-corrected chi connectivity index (χ2v) is 7.91. The highest BCUT2D eigenvalue weighted by molar-refractivity contribution is 7.13. The molecule has 7 nitrogen and oxygen atoms in total. The summed E-state index contributed by atoms with van der Waals surface area (Å²) in [5.74, 6) is 1.22. The number of benzene rings is 2. The quantitative estimate of drug-likeness (QED) is 0.603. The van der Waals surface area contributed by atoms with Gasteiger partial charge in [-0.05, 0) is 30.3 Å². The molecule has 0 unspecified atom stereocenters. The number of rotatable bonds is 7. The first kappa shape index (κ1) is 21.1. The van der Waals surface area contributed by atoms with E-state index in [1.807, 2.05) is 47.8 Å². The maximum Gasteiger partial charge on any atom is 0.230 e. The van der Waals surface area contributed by atoms with Crippen molar-refractivity contribution < 1.29 is 19.0 Å². The number of aromatic nitrogens is 1. The number of para-hydroxylation sites is 2. The van der Waals surface area contributed by atoms with Gasteiger partial charge < -0.3 is 24.4 Å². The summed E-state index contributed by atoms with van der Waals surface area (Å²) in [7, 11) is 3.21. The van der Waals surface area contributed by atoms with Crippen molar-refractivity contribution in [1.82, 2.24) is 4.98 Å². The number of hydrogen-bond donors (Lipinski definition) is 1. The van der Waals surface area contributed by atoms with Crippen LogP contribution >= 0.6 is 11.3 Å². The first-order valence-electron chi connectivity index (χ1n) is 10.1. The van der Waals surface area contributed by atoms with Crippen molar-refractivity contribution >= 4 is 28.6 Å². The van der Waals surface area contributed by atoms with Gasteiger partial charge in [0.15, 0.2) is 11.5 Å². The van der Waals surface area contributed by atoms with Crippen molar-refractivity contribution in [3.63, 3.8) is 0 Å². The summed E-state index contributed by atoms with van der Waals surface area (Å²) in [6.45, 7) is 3.02. The predicted octanol–water partition coefficient (Wildman–Crippen LogP) is 3.85. The monoisotopic (exact) mass is 439 g/mol. The number of nitrogens with zero attached hydrogens (tertiary/aromatic N) is 2. The smallest absolute Gasteiger partial charge is 0.230 e. The topological polar surface area (TPSA) is 72.9 Å². The number of nitrogens with one attached hydrogen (secondary N) is 1. The highest BCUT2D eigenvalue weighted by Crippen LogP contribution is 2.33. The predicted molar refractivity (Wildman–Crippen MR) is 122 cm³/mol. The molecule has 8 heteroatoms. The summed E-state index contributed by atoms with van der Waals surface area (Å²) in [4.78, 5) is 19.6. The molecule has 1 aliphatic heterocycles. The minimum absolute atomic E-state index is 0.0927. The average Bonchev–Trinajstić information content (AvgIpc) is 3.27. The Hall–Kier alpha value is -3.10. The number of thiazole rings is 1. The van der Waals surface area contributed by atoms with Crippen LogP contribution in [0.4, 0.5) is 11.4 Å². The Morgan fingerprint density at radius 2 is 1.90 bits per heavy atom. The van der Waals surface area contributed by atoms with Gasteiger partial charge in [-0.2, -0.15) is 0 Å². The number of anilines is 2. The molecule has 1 amide bonds. The maximum absolute atomic E-state index is 12.7. The molecule has 2 heterocycles. The van der Waals surface area contributed by atoms with Crippen LogP contribution in [-0.4, -0.2) is 51.4 Å². The van der Waals surface area contributed by atoms with Gasteiger partial charge in [0.05, 0.1) is 50.9 Å². The van der Waals surface area contributed by atoms with E-state index in [-0.39, 0.29) is 12.3 Å². The summed E-state index contributed by atoms with van der Waals surface area (Å²) in [6, 6.07) is 13.5. The zero-order chi connectivity index (χ0) is 21.6. The molecule has 2 aromatic carbocycles. The van der Waals surface area contributed by atoms with Gasteiger partial charge >= 0.3 is 0 Å². The van der Waals surface area contributed by atoms with Crippen LogP contribution in [0.25, 0.3) is 10.6 Å². The molecule has 0 spiro atoms. The first-order valence-corrected chi connectivity index (χ1v) is 10.9. The molecule has 0 saturated carbocycles. The van der Waals surface area contributed by atoms with Gasteiger partial charge in [0, 0.05) is 24.0 Å². The van der Waals surface area contributed by atoms with Gasteiger partial charge in [-0.25, -0.2) is 4.98 Å². The van der Waals surface area contributed by atoms with Crippen LogP contribution in [0.3, 0.4) is 0 Å². The van der Waals surface area contributed by atoms with Crippen LogP contribution in [0.5, 0.6) is 11.5 Å². The summed E-state index contributed by atoms with van der Waals surface area (Å²) >= 11 is 1.50. The summed E-state index contributed by atoms with van der Waals surface area (Å²) < 4.78 is 16.1. The van der Waals surface area contributed by atoms with E-state index >= 15 is 0 Å². The molecule has 0 radical (unpaired) electrons. The van der Waals surface area contributed by atoms with E-state index in [4.69, 9.17) is 14.2 Å². The Labute approximate surface area is 185 Å². The average molecular weight is 440 g/mol. The summed E-state index contributed by atoms with van der Waals surface area (Å²) in [5.41, 5.74) is 3.48. The molecular formula is C23H25N3O4S. The standard InChI is InChI=1S/C23H25N3O4S/c1-28-20-8-7-16(13-21(20)29-2)23-24-17(15-31-23)14-22(27)25-18-5-3-4-6-19(18)26-9-11-30-12-10-26/h3-8,13,15H,9-12,14H2,1-2H3,(H,25,27). The number of carbonyl (C=O) groups is 1. The highest BCUT2D eigenvalue weighted by atomic mass is 32.1.